The van der Waals surface area contributed by atoms with Gasteiger partial charge in [-0.05, 0) is 67.3 Å². The lowest BCUT2D eigenvalue weighted by atomic mass is 9.90. The molecule has 11 heteroatoms. The number of fused-ring (bicyclic) bond motifs is 1. The van der Waals surface area contributed by atoms with Gasteiger partial charge < -0.3 is 23.9 Å². The molecule has 8 nitrogen and oxygen atoms in total. The molecule has 1 unspecified atom stereocenters. The average molecular weight is 636 g/mol. The highest BCUT2D eigenvalue weighted by Gasteiger charge is 2.57. The van der Waals surface area contributed by atoms with Crippen LogP contribution in [0.4, 0.5) is 13.2 Å². The number of carbonyl (C=O) groups excluding carboxylic acids is 1. The number of benzene rings is 3. The van der Waals surface area contributed by atoms with Crippen LogP contribution in [0.1, 0.15) is 42.0 Å². The molecule has 5 rings (SSSR count). The van der Waals surface area contributed by atoms with E-state index in [2.05, 4.69) is 6.07 Å². The number of likely N-dealkylation sites (tertiary alicyclic amines) is 1. The Morgan fingerprint density at radius 1 is 1.00 bits per heavy atom. The molecule has 1 aromatic heterocycles. The smallest absolute Gasteiger partial charge is 0.422 e. The number of carbonyl (C=O) groups is 1. The van der Waals surface area contributed by atoms with E-state index in [9.17, 15) is 28.3 Å². The number of methoxy groups -OCH3 is 1. The summed E-state index contributed by atoms with van der Waals surface area (Å²) in [6.45, 7) is 2.25. The molecule has 3 aromatic carbocycles. The van der Waals surface area contributed by atoms with Crippen molar-refractivity contribution >= 4 is 16.9 Å². The van der Waals surface area contributed by atoms with Crippen molar-refractivity contribution < 1.29 is 37.3 Å². The minimum absolute atomic E-state index is 0.161. The number of aliphatic hydroxyl groups is 1. The third kappa shape index (κ3) is 7.30. The molecule has 242 valence electrons. The lowest BCUT2D eigenvalue weighted by Gasteiger charge is -2.39. The number of nitrogens with zero attached hydrogens (tertiary/aromatic N) is 3. The van der Waals surface area contributed by atoms with Crippen LogP contribution in [0.5, 0.6) is 11.5 Å². The van der Waals surface area contributed by atoms with E-state index in [1.165, 1.54) is 18.3 Å². The Morgan fingerprint density at radius 2 is 1.65 bits per heavy atom. The number of hydrogen-bond donors (Lipinski definition) is 1. The molecule has 1 saturated heterocycles. The van der Waals surface area contributed by atoms with Gasteiger partial charge in [0.15, 0.2) is 0 Å². The van der Waals surface area contributed by atoms with Crippen molar-refractivity contribution in [2.24, 2.45) is 0 Å². The third-order valence-electron chi connectivity index (χ3n) is 8.30. The Kier molecular flexibility index (Phi) is 9.89. The lowest BCUT2D eigenvalue weighted by Crippen LogP contribution is -2.53. The number of alkyl halides is 3. The standard InChI is InChI=1S/C35H36F3N3O5/c1-3-45-33(42)19-24-4-11-28(12-5-24)46-29-14-16-40(17-15-29)23-34(43,35(36,37)38)31-22-41(21-25-6-9-27(44-2)10-7-25)32-18-26(20-39)8-13-30(31)32/h4-13,18,22,29,43H,3,14-17,19,21,23H2,1-2H3. The van der Waals surface area contributed by atoms with Gasteiger partial charge in [0.25, 0.3) is 0 Å². The fourth-order valence-electron chi connectivity index (χ4n) is 5.84. The molecular weight excluding hydrogens is 599 g/mol. The van der Waals surface area contributed by atoms with Crippen LogP contribution in [0.2, 0.25) is 0 Å². The SMILES string of the molecule is CCOC(=O)Cc1ccc(OC2CCN(CC(O)(c3cn(Cc4ccc(OC)cc4)c4cc(C#N)ccc34)C(F)(F)F)CC2)cc1. The molecule has 2 heterocycles. The molecule has 1 aliphatic heterocycles. The number of ether oxygens (including phenoxy) is 3. The predicted molar refractivity (Wildman–Crippen MR) is 166 cm³/mol. The number of halogens is 3. The van der Waals surface area contributed by atoms with E-state index in [4.69, 9.17) is 14.2 Å². The zero-order chi connectivity index (χ0) is 32.9. The minimum atomic E-state index is -4.97. The largest absolute Gasteiger partial charge is 0.497 e. The molecule has 0 spiro atoms. The summed E-state index contributed by atoms with van der Waals surface area (Å²) < 4.78 is 62.5. The summed E-state index contributed by atoms with van der Waals surface area (Å²) >= 11 is 0. The van der Waals surface area contributed by atoms with Crippen molar-refractivity contribution in [1.29, 1.82) is 5.26 Å². The van der Waals surface area contributed by atoms with Crippen molar-refractivity contribution in [2.45, 2.75) is 50.6 Å². The Balaban J connectivity index is 1.32. The molecule has 1 atom stereocenters. The van der Waals surface area contributed by atoms with Crippen LogP contribution in [-0.4, -0.2) is 66.2 Å². The lowest BCUT2D eigenvalue weighted by molar-refractivity contribution is -0.272. The molecule has 1 aliphatic rings. The van der Waals surface area contributed by atoms with Crippen molar-refractivity contribution in [3.05, 3.63) is 95.2 Å². The van der Waals surface area contributed by atoms with Crippen LogP contribution in [0.3, 0.4) is 0 Å². The van der Waals surface area contributed by atoms with Crippen molar-refractivity contribution in [1.82, 2.24) is 9.47 Å². The van der Waals surface area contributed by atoms with E-state index in [0.717, 1.165) is 11.1 Å². The number of esters is 1. The maximum Gasteiger partial charge on any atom is 0.422 e. The highest BCUT2D eigenvalue weighted by atomic mass is 19.4. The summed E-state index contributed by atoms with van der Waals surface area (Å²) in [5.74, 6) is 0.952. The number of β-amino-alcohol motifs (C(OH)–C–C–N with tert-alkyl or cyclic N) is 1. The Hall–Kier alpha value is -4.53. The summed E-state index contributed by atoms with van der Waals surface area (Å²) in [6.07, 6.45) is -2.72. The molecule has 0 amide bonds. The second-order valence-electron chi connectivity index (χ2n) is 11.4. The van der Waals surface area contributed by atoms with Crippen LogP contribution in [-0.2, 0) is 28.1 Å². The Morgan fingerprint density at radius 3 is 2.26 bits per heavy atom. The van der Waals surface area contributed by atoms with E-state index in [1.54, 1.807) is 66.0 Å². The molecule has 46 heavy (non-hydrogen) atoms. The molecule has 0 bridgehead atoms. The highest BCUT2D eigenvalue weighted by molar-refractivity contribution is 5.86. The first-order valence-corrected chi connectivity index (χ1v) is 15.1. The predicted octanol–water partition coefficient (Wildman–Crippen LogP) is 5.97. The van der Waals surface area contributed by atoms with Gasteiger partial charge in [-0.15, -0.1) is 0 Å². The first kappa shape index (κ1) is 32.9. The molecule has 0 saturated carbocycles. The van der Waals surface area contributed by atoms with Gasteiger partial charge >= 0.3 is 12.1 Å². The normalized spacial score (nSPS) is 15.7. The number of aromatic nitrogens is 1. The van der Waals surface area contributed by atoms with E-state index in [0.29, 0.717) is 55.1 Å². The van der Waals surface area contributed by atoms with Gasteiger partial charge in [0, 0.05) is 43.3 Å². The van der Waals surface area contributed by atoms with Gasteiger partial charge in [-0.3, -0.25) is 9.69 Å². The molecule has 1 N–H and O–H groups in total. The van der Waals surface area contributed by atoms with Gasteiger partial charge in [0.2, 0.25) is 5.60 Å². The van der Waals surface area contributed by atoms with Crippen molar-refractivity contribution in [3.63, 3.8) is 0 Å². The Labute approximate surface area is 265 Å². The second-order valence-corrected chi connectivity index (χ2v) is 11.4. The van der Waals surface area contributed by atoms with Crippen LogP contribution < -0.4 is 9.47 Å². The first-order chi connectivity index (χ1) is 22.0. The molecule has 0 aliphatic carbocycles. The van der Waals surface area contributed by atoms with Crippen molar-refractivity contribution in [3.8, 4) is 17.6 Å². The number of piperidine rings is 1. The highest BCUT2D eigenvalue weighted by Crippen LogP contribution is 2.44. The topological polar surface area (TPSA) is 96.9 Å². The quantitative estimate of drug-likeness (QED) is 0.203. The van der Waals surface area contributed by atoms with E-state index < -0.39 is 18.3 Å². The Bertz CT molecular complexity index is 1690. The average Bonchev–Trinajstić information content (AvgIpc) is 3.40. The van der Waals surface area contributed by atoms with Gasteiger partial charge in [-0.1, -0.05) is 30.3 Å². The van der Waals surface area contributed by atoms with Crippen LogP contribution in [0.15, 0.2) is 72.9 Å². The summed E-state index contributed by atoms with van der Waals surface area (Å²) in [5, 5.41) is 21.3. The first-order valence-electron chi connectivity index (χ1n) is 15.1. The molecule has 4 aromatic rings. The molecule has 0 radical (unpaired) electrons. The van der Waals surface area contributed by atoms with Gasteiger partial charge in [-0.25, -0.2) is 0 Å². The van der Waals surface area contributed by atoms with E-state index >= 15 is 0 Å². The van der Waals surface area contributed by atoms with E-state index in [-0.39, 0.29) is 36.0 Å². The van der Waals surface area contributed by atoms with Crippen LogP contribution in [0.25, 0.3) is 10.9 Å². The van der Waals surface area contributed by atoms with Crippen LogP contribution in [0, 0.1) is 11.3 Å². The van der Waals surface area contributed by atoms with Gasteiger partial charge in [0.05, 0.1) is 37.3 Å². The summed E-state index contributed by atoms with van der Waals surface area (Å²) in [5.41, 5.74) is -1.08. The monoisotopic (exact) mass is 635 g/mol. The van der Waals surface area contributed by atoms with E-state index in [1.807, 2.05) is 12.1 Å². The van der Waals surface area contributed by atoms with Gasteiger partial charge in [0.1, 0.15) is 17.6 Å². The summed E-state index contributed by atoms with van der Waals surface area (Å²) in [6, 6.07) is 20.8. The zero-order valence-corrected chi connectivity index (χ0v) is 25.7. The van der Waals surface area contributed by atoms with Gasteiger partial charge in [-0.2, -0.15) is 18.4 Å². The molecular formula is C35H36F3N3O5. The van der Waals surface area contributed by atoms with Crippen LogP contribution >= 0.6 is 0 Å². The fourth-order valence-corrected chi connectivity index (χ4v) is 5.84. The minimum Gasteiger partial charge on any atom is -0.497 e. The summed E-state index contributed by atoms with van der Waals surface area (Å²) in [4.78, 5) is 13.3. The zero-order valence-electron chi connectivity index (χ0n) is 25.7. The summed E-state index contributed by atoms with van der Waals surface area (Å²) in [7, 11) is 1.55. The van der Waals surface area contributed by atoms with Crippen molar-refractivity contribution in [2.75, 3.05) is 33.4 Å². The third-order valence-corrected chi connectivity index (χ3v) is 8.30. The fraction of sp³-hybridized carbons (Fsp3) is 0.371. The number of hydrogen-bond acceptors (Lipinski definition) is 7. The maximum atomic E-state index is 14.9. The number of nitriles is 1. The second kappa shape index (κ2) is 13.8. The molecule has 1 fully saturated rings. The number of rotatable bonds is 11. The maximum absolute atomic E-state index is 14.9.